The van der Waals surface area contributed by atoms with Gasteiger partial charge in [-0.25, -0.2) is 0 Å². The first-order valence-electron chi connectivity index (χ1n) is 31.5. The topological polar surface area (TPSA) is 218 Å². The van der Waals surface area contributed by atoms with Crippen molar-refractivity contribution in [3.05, 3.63) is 115 Å². The number of aryl methyl sites for hydroxylation is 4. The second kappa shape index (κ2) is 35.2. The normalized spacial score (nSPS) is 14.0. The number of aromatic nitrogens is 8. The maximum atomic E-state index is 13.6. The van der Waals surface area contributed by atoms with Gasteiger partial charge < -0.3 is 35.4 Å². The lowest BCUT2D eigenvalue weighted by Crippen LogP contribution is -2.48. The highest BCUT2D eigenvalue weighted by Gasteiger charge is 2.39. The molecule has 2 aliphatic rings. The molecule has 10 rings (SSSR count). The van der Waals surface area contributed by atoms with E-state index in [1.165, 1.54) is 58.4 Å². The van der Waals surface area contributed by atoms with Crippen LogP contribution >= 0.6 is 45.3 Å². The first-order valence-corrected chi connectivity index (χ1v) is 34.7. The van der Waals surface area contributed by atoms with Crippen LogP contribution in [-0.2, 0) is 62.4 Å². The maximum Gasteiger partial charge on any atom is 0.433 e. The van der Waals surface area contributed by atoms with E-state index < -0.39 is 47.5 Å². The molecule has 0 bridgehead atoms. The van der Waals surface area contributed by atoms with Crippen molar-refractivity contribution in [2.75, 3.05) is 40.5 Å². The fourth-order valence-corrected chi connectivity index (χ4v) is 14.4. The van der Waals surface area contributed by atoms with Crippen molar-refractivity contribution in [3.63, 3.8) is 0 Å². The molecule has 0 aliphatic heterocycles. The fourth-order valence-electron chi connectivity index (χ4n) is 10.9. The Hall–Kier alpha value is -7.44. The number of nitrogens with one attached hydrogen (secondary N) is 3. The van der Waals surface area contributed by atoms with Gasteiger partial charge in [0, 0.05) is 80.5 Å². The SMILES string of the molecule is CCCCNC(=O)c1ccc(-c2cc(C(F)(F)F)n(C)n2)s1.COC(CCCNC(=O)c1ccc(-c2cc(C(F)(F)F)n(C)n2)s1)OC.Cn1nc(-c2ccc(C(=O)N(C3CCCCC3)C3CCCCC3)s2)cc1C(F)(F)F.Cn1nc(-c2ccc(C(=O)NCCO)s2)cc1C(F)(F)F. The predicted octanol–water partition coefficient (Wildman–Crippen LogP) is 15.2. The molecule has 4 amide bonds. The van der Waals surface area contributed by atoms with Gasteiger partial charge in [0.15, 0.2) is 6.29 Å². The number of carbonyl (C=O) groups excluding carboxylic acids is 4. The quantitative estimate of drug-likeness (QED) is 0.0301. The molecule has 542 valence electrons. The van der Waals surface area contributed by atoms with Gasteiger partial charge in [-0.3, -0.25) is 37.9 Å². The van der Waals surface area contributed by atoms with Gasteiger partial charge in [-0.2, -0.15) is 73.1 Å². The van der Waals surface area contributed by atoms with Crippen molar-refractivity contribution in [1.29, 1.82) is 0 Å². The number of methoxy groups -OCH3 is 2. The summed E-state index contributed by atoms with van der Waals surface area (Å²) in [6.45, 7) is 2.99. The minimum atomic E-state index is -4.47. The van der Waals surface area contributed by atoms with Crippen LogP contribution < -0.4 is 16.0 Å². The van der Waals surface area contributed by atoms with Gasteiger partial charge in [-0.1, -0.05) is 51.9 Å². The number of ether oxygens (including phenoxy) is 2. The number of hydrogen-bond donors (Lipinski definition) is 4. The van der Waals surface area contributed by atoms with Crippen molar-refractivity contribution in [1.82, 2.24) is 60.0 Å². The molecule has 0 aromatic carbocycles. The van der Waals surface area contributed by atoms with Crippen LogP contribution in [0.15, 0.2) is 72.8 Å². The summed E-state index contributed by atoms with van der Waals surface area (Å²) in [7, 11) is 8.08. The van der Waals surface area contributed by atoms with Crippen molar-refractivity contribution in [2.45, 2.75) is 140 Å². The molecule has 35 heteroatoms. The number of aliphatic hydroxyl groups excluding tert-OH is 1. The van der Waals surface area contributed by atoms with E-state index in [1.807, 2.05) is 6.92 Å². The van der Waals surface area contributed by atoms with Gasteiger partial charge in [-0.05, 0) is 111 Å². The van der Waals surface area contributed by atoms with Gasteiger partial charge in [0.1, 0.15) is 45.6 Å². The van der Waals surface area contributed by atoms with E-state index in [9.17, 15) is 71.9 Å². The van der Waals surface area contributed by atoms with Crippen LogP contribution in [0.1, 0.15) is 158 Å². The highest BCUT2D eigenvalue weighted by Crippen LogP contribution is 2.40. The summed E-state index contributed by atoms with van der Waals surface area (Å²) in [6.07, 6.45) is -3.69. The Balaban J connectivity index is 0.000000188. The second-order valence-corrected chi connectivity index (χ2v) is 27.3. The molecule has 0 atom stereocenters. The zero-order chi connectivity index (χ0) is 72.6. The van der Waals surface area contributed by atoms with E-state index in [0.717, 1.165) is 141 Å². The molecule has 2 fully saturated rings. The number of unbranched alkanes of at least 4 members (excludes halogenated alkanes) is 1. The standard InChI is InChI=1S/C22H28F3N3OS.C16H20F3N3O3S.C14H16F3N3OS.C12H12F3N3O2S/c1-27-20(22(23,24)25)14-17(26-27)18-12-13-19(30-18)21(29)28(15-8-4-2-5-9-15)16-10-6-3-7-11-16;1-22-13(16(17,18)19)9-10(21-22)11-6-7-12(26-11)15(23)20-8-4-5-14(24-2)25-3;1-3-4-7-18-13(21)11-6-5-10(22-11)9-8-12(14(15,16)17)20(2)19-9;1-18-10(12(13,14)15)6-7(17-18)8-2-3-9(21-8)11(20)16-4-5-19/h12-16H,2-11H2,1H3;6-7,9,14H,4-5,8H2,1-3H3,(H,20,23);5-6,8H,3-4,7H2,1-2H3,(H,18,21);2-3,6,19H,4-5H2,1H3,(H,16,20). The zero-order valence-corrected chi connectivity index (χ0v) is 58.2. The number of amides is 4. The van der Waals surface area contributed by atoms with E-state index in [1.54, 1.807) is 56.7 Å². The summed E-state index contributed by atoms with van der Waals surface area (Å²) in [5.74, 6) is -0.833. The lowest BCUT2D eigenvalue weighted by atomic mass is 9.88. The summed E-state index contributed by atoms with van der Waals surface area (Å²) in [5.41, 5.74) is -2.46. The van der Waals surface area contributed by atoms with E-state index in [2.05, 4.69) is 41.2 Å². The molecule has 2 saturated carbocycles. The smallest absolute Gasteiger partial charge is 0.395 e. The minimum Gasteiger partial charge on any atom is -0.395 e. The largest absolute Gasteiger partial charge is 0.433 e. The van der Waals surface area contributed by atoms with Gasteiger partial charge in [0.05, 0.1) is 45.6 Å². The first-order chi connectivity index (χ1) is 46.7. The van der Waals surface area contributed by atoms with Crippen molar-refractivity contribution in [2.24, 2.45) is 28.2 Å². The molecule has 99 heavy (non-hydrogen) atoms. The van der Waals surface area contributed by atoms with Crippen LogP contribution in [0.2, 0.25) is 0 Å². The lowest BCUT2D eigenvalue weighted by molar-refractivity contribution is -0.144. The molecule has 19 nitrogen and oxygen atoms in total. The number of halogens is 12. The Morgan fingerprint density at radius 3 is 1.06 bits per heavy atom. The predicted molar refractivity (Wildman–Crippen MR) is 352 cm³/mol. The monoisotopic (exact) mass is 1480 g/mol. The summed E-state index contributed by atoms with van der Waals surface area (Å²) in [4.78, 5) is 55.3. The number of thiophene rings is 4. The number of hydrogen-bond acceptors (Lipinski definition) is 15. The summed E-state index contributed by atoms with van der Waals surface area (Å²) in [5, 5.41) is 32.2. The highest BCUT2D eigenvalue weighted by atomic mass is 32.1. The maximum absolute atomic E-state index is 13.6. The number of nitrogens with zero attached hydrogens (tertiary/aromatic N) is 9. The highest BCUT2D eigenvalue weighted by molar-refractivity contribution is 7.18. The first kappa shape index (κ1) is 78.9. The number of rotatable bonds is 21. The minimum absolute atomic E-state index is 0.0389. The number of aliphatic hydroxyl groups is 1. The Labute approximate surface area is 578 Å². The van der Waals surface area contributed by atoms with Crippen LogP contribution in [0.3, 0.4) is 0 Å². The van der Waals surface area contributed by atoms with Gasteiger partial charge in [0.25, 0.3) is 23.6 Å². The summed E-state index contributed by atoms with van der Waals surface area (Å²) >= 11 is 4.51. The van der Waals surface area contributed by atoms with Crippen LogP contribution in [0, 0.1) is 0 Å². The number of carbonyl (C=O) groups is 4. The van der Waals surface area contributed by atoms with Crippen LogP contribution in [0.4, 0.5) is 52.7 Å². The van der Waals surface area contributed by atoms with E-state index in [4.69, 9.17) is 14.6 Å². The van der Waals surface area contributed by atoms with Crippen LogP contribution in [0.25, 0.3) is 42.3 Å². The molecular weight excluding hydrogens is 1410 g/mol. The van der Waals surface area contributed by atoms with E-state index in [0.29, 0.717) is 64.9 Å². The van der Waals surface area contributed by atoms with E-state index in [-0.39, 0.29) is 77.9 Å². The molecule has 0 radical (unpaired) electrons. The summed E-state index contributed by atoms with van der Waals surface area (Å²) in [6, 6.07) is 17.4. The lowest BCUT2D eigenvalue weighted by Gasteiger charge is -2.41. The van der Waals surface area contributed by atoms with Crippen LogP contribution in [0.5, 0.6) is 0 Å². The molecule has 8 heterocycles. The summed E-state index contributed by atoms with van der Waals surface area (Å²) < 4.78 is 168. The van der Waals surface area contributed by atoms with Gasteiger partial charge in [-0.15, -0.1) is 45.3 Å². The third kappa shape index (κ3) is 21.8. The molecule has 8 aromatic rings. The molecule has 0 spiro atoms. The molecular formula is C64H76F12N12O7S4. The fraction of sp³-hybridized carbons (Fsp3) is 0.500. The van der Waals surface area contributed by atoms with Crippen molar-refractivity contribution >= 4 is 69.0 Å². The third-order valence-electron chi connectivity index (χ3n) is 15.8. The van der Waals surface area contributed by atoms with Gasteiger partial charge >= 0.3 is 24.7 Å². The van der Waals surface area contributed by atoms with Gasteiger partial charge in [0.2, 0.25) is 0 Å². The van der Waals surface area contributed by atoms with Crippen molar-refractivity contribution in [3.8, 4) is 42.3 Å². The Morgan fingerprint density at radius 2 is 0.778 bits per heavy atom. The van der Waals surface area contributed by atoms with Crippen LogP contribution in [-0.4, -0.2) is 132 Å². The molecule has 0 unspecified atom stereocenters. The molecule has 2 aliphatic carbocycles. The average Bonchev–Trinajstić information content (AvgIpc) is 1.74. The number of alkyl halides is 12. The zero-order valence-electron chi connectivity index (χ0n) is 55.0. The Bertz CT molecular complexity index is 3900. The second-order valence-electron chi connectivity index (χ2n) is 23.0. The Morgan fingerprint density at radius 1 is 0.485 bits per heavy atom. The molecule has 8 aromatic heterocycles. The third-order valence-corrected chi connectivity index (χ3v) is 20.2. The molecule has 4 N–H and O–H groups in total. The average molecular weight is 1480 g/mol. The van der Waals surface area contributed by atoms with E-state index >= 15 is 0 Å². The van der Waals surface area contributed by atoms with Crippen molar-refractivity contribution < 1.29 is 86.4 Å². The Kier molecular flexibility index (Phi) is 28.1. The molecule has 0 saturated heterocycles.